The van der Waals surface area contributed by atoms with E-state index in [9.17, 15) is 9.18 Å². The first-order chi connectivity index (χ1) is 19.9. The van der Waals surface area contributed by atoms with E-state index in [1.807, 2.05) is 12.1 Å². The van der Waals surface area contributed by atoms with Crippen LogP contribution in [0.15, 0.2) is 60.7 Å². The average molecular weight is 560 g/mol. The molecule has 2 fully saturated rings. The molecule has 0 radical (unpaired) electrons. The van der Waals surface area contributed by atoms with E-state index in [1.165, 1.54) is 28.5 Å². The summed E-state index contributed by atoms with van der Waals surface area (Å²) < 4.78 is 19.4. The molecule has 1 amide bonds. The predicted octanol–water partition coefficient (Wildman–Crippen LogP) is 6.36. The number of fused-ring (bicyclic) bond motifs is 1. The van der Waals surface area contributed by atoms with E-state index in [4.69, 9.17) is 4.74 Å². The number of hydrogen-bond donors (Lipinski definition) is 0. The first-order valence-electron chi connectivity index (χ1n) is 15.5. The van der Waals surface area contributed by atoms with Gasteiger partial charge in [0.25, 0.3) is 0 Å². The number of methoxy groups -OCH3 is 1. The zero-order valence-electron chi connectivity index (χ0n) is 25.0. The Hall–Kier alpha value is -2.96. The molecule has 0 bridgehead atoms. The number of carbonyl (C=O) groups is 1. The third kappa shape index (κ3) is 7.10. The largest absolute Gasteiger partial charge is 0.496 e. The molecule has 41 heavy (non-hydrogen) atoms. The Bertz CT molecular complexity index is 1280. The Morgan fingerprint density at radius 2 is 1.61 bits per heavy atom. The highest BCUT2D eigenvalue weighted by molar-refractivity contribution is 5.87. The fourth-order valence-electron chi connectivity index (χ4n) is 6.85. The number of hydrogen-bond acceptors (Lipinski definition) is 4. The summed E-state index contributed by atoms with van der Waals surface area (Å²) in [5.41, 5.74) is 2.26. The SMILES string of the molecule is COc1ccc2ccccc2c1CCCCN1CCN(C(=O)C(c2ccc(F)cc2)C2CCN(C(C)C)CC2)CC1. The van der Waals surface area contributed by atoms with Crippen LogP contribution in [0.25, 0.3) is 10.8 Å². The fraction of sp³-hybridized carbons (Fsp3) is 0.514. The Labute approximate surface area is 245 Å². The van der Waals surface area contributed by atoms with Crippen molar-refractivity contribution in [1.82, 2.24) is 14.7 Å². The smallest absolute Gasteiger partial charge is 0.230 e. The molecule has 3 aromatic carbocycles. The van der Waals surface area contributed by atoms with Crippen molar-refractivity contribution in [2.45, 2.75) is 57.9 Å². The van der Waals surface area contributed by atoms with Gasteiger partial charge in [-0.25, -0.2) is 4.39 Å². The zero-order chi connectivity index (χ0) is 28.8. The molecule has 6 heteroatoms. The molecule has 1 unspecified atom stereocenters. The number of nitrogens with zero attached hydrogens (tertiary/aromatic N) is 3. The van der Waals surface area contributed by atoms with Crippen LogP contribution in [0.2, 0.25) is 0 Å². The third-order valence-electron chi connectivity index (χ3n) is 9.32. The van der Waals surface area contributed by atoms with E-state index in [-0.39, 0.29) is 17.6 Å². The minimum absolute atomic E-state index is 0.188. The van der Waals surface area contributed by atoms with Gasteiger partial charge in [-0.05, 0) is 106 Å². The van der Waals surface area contributed by atoms with Crippen LogP contribution in [0, 0.1) is 11.7 Å². The Morgan fingerprint density at radius 1 is 0.902 bits per heavy atom. The molecule has 2 heterocycles. The molecule has 0 saturated carbocycles. The molecule has 0 spiro atoms. The molecule has 2 aliphatic rings. The fourth-order valence-corrected chi connectivity index (χ4v) is 6.85. The van der Waals surface area contributed by atoms with Gasteiger partial charge in [-0.1, -0.05) is 42.5 Å². The van der Waals surface area contributed by atoms with Gasteiger partial charge in [0, 0.05) is 37.8 Å². The van der Waals surface area contributed by atoms with Crippen molar-refractivity contribution >= 4 is 16.7 Å². The molecule has 0 N–H and O–H groups in total. The van der Waals surface area contributed by atoms with Crippen molar-refractivity contribution in [1.29, 1.82) is 0 Å². The van der Waals surface area contributed by atoms with E-state index >= 15 is 0 Å². The highest BCUT2D eigenvalue weighted by Gasteiger charge is 2.36. The van der Waals surface area contributed by atoms with Crippen LogP contribution in [0.3, 0.4) is 0 Å². The normalized spacial score (nSPS) is 18.2. The van der Waals surface area contributed by atoms with Crippen molar-refractivity contribution in [3.63, 3.8) is 0 Å². The van der Waals surface area contributed by atoms with Gasteiger partial charge < -0.3 is 14.5 Å². The molecule has 2 saturated heterocycles. The Balaban J connectivity index is 1.15. The lowest BCUT2D eigenvalue weighted by Gasteiger charge is -2.41. The maximum Gasteiger partial charge on any atom is 0.230 e. The second kappa shape index (κ2) is 13.8. The summed E-state index contributed by atoms with van der Waals surface area (Å²) >= 11 is 0. The Morgan fingerprint density at radius 3 is 2.29 bits per heavy atom. The molecular weight excluding hydrogens is 513 g/mol. The van der Waals surface area contributed by atoms with Gasteiger partial charge in [-0.15, -0.1) is 0 Å². The summed E-state index contributed by atoms with van der Waals surface area (Å²) in [6.45, 7) is 10.9. The van der Waals surface area contributed by atoms with Crippen molar-refractivity contribution < 1.29 is 13.9 Å². The monoisotopic (exact) mass is 559 g/mol. The summed E-state index contributed by atoms with van der Waals surface area (Å²) in [5.74, 6) is 1.06. The lowest BCUT2D eigenvalue weighted by molar-refractivity contribution is -0.136. The number of halogens is 1. The summed E-state index contributed by atoms with van der Waals surface area (Å²) in [4.78, 5) is 21.0. The number of aryl methyl sites for hydroxylation is 1. The quantitative estimate of drug-likeness (QED) is 0.271. The first kappa shape index (κ1) is 29.5. The van der Waals surface area contributed by atoms with Crippen LogP contribution in [-0.2, 0) is 11.2 Å². The van der Waals surface area contributed by atoms with Crippen LogP contribution < -0.4 is 4.74 Å². The topological polar surface area (TPSA) is 36.0 Å². The zero-order valence-corrected chi connectivity index (χ0v) is 25.0. The number of benzene rings is 3. The number of piperazine rings is 1. The number of rotatable bonds is 10. The van der Waals surface area contributed by atoms with E-state index in [1.54, 1.807) is 7.11 Å². The highest BCUT2D eigenvalue weighted by Crippen LogP contribution is 2.35. The second-order valence-electron chi connectivity index (χ2n) is 12.1. The van der Waals surface area contributed by atoms with Gasteiger partial charge in [0.2, 0.25) is 5.91 Å². The van der Waals surface area contributed by atoms with E-state index in [0.29, 0.717) is 12.0 Å². The molecule has 220 valence electrons. The van der Waals surface area contributed by atoms with Crippen LogP contribution >= 0.6 is 0 Å². The second-order valence-corrected chi connectivity index (χ2v) is 12.1. The van der Waals surface area contributed by atoms with Gasteiger partial charge >= 0.3 is 0 Å². The third-order valence-corrected chi connectivity index (χ3v) is 9.32. The lowest BCUT2D eigenvalue weighted by atomic mass is 9.78. The number of ether oxygens (including phenoxy) is 1. The standard InChI is InChI=1S/C35H46FN3O2/c1-26(2)38-20-17-29(18-21-38)34(28-11-14-30(36)15-12-28)35(40)39-24-22-37(23-25-39)19-7-6-10-32-31-9-5-4-8-27(31)13-16-33(32)41-3/h4-5,8-9,11-16,26,29,34H,6-7,10,17-25H2,1-3H3. The molecule has 2 aliphatic heterocycles. The summed E-state index contributed by atoms with van der Waals surface area (Å²) in [7, 11) is 1.75. The number of amides is 1. The highest BCUT2D eigenvalue weighted by atomic mass is 19.1. The maximum atomic E-state index is 14.0. The van der Waals surface area contributed by atoms with E-state index in [0.717, 1.165) is 89.2 Å². The minimum Gasteiger partial charge on any atom is -0.496 e. The predicted molar refractivity (Wildman–Crippen MR) is 165 cm³/mol. The van der Waals surface area contributed by atoms with Crippen molar-refractivity contribution in [3.8, 4) is 5.75 Å². The van der Waals surface area contributed by atoms with Gasteiger partial charge in [0.1, 0.15) is 11.6 Å². The van der Waals surface area contributed by atoms with Crippen LogP contribution in [0.1, 0.15) is 56.6 Å². The molecular formula is C35H46FN3O2. The Kier molecular flexibility index (Phi) is 9.94. The number of carbonyl (C=O) groups excluding carboxylic acids is 1. The molecule has 5 rings (SSSR count). The van der Waals surface area contributed by atoms with Crippen molar-refractivity contribution in [2.24, 2.45) is 5.92 Å². The van der Waals surface area contributed by atoms with Crippen molar-refractivity contribution in [2.75, 3.05) is 52.9 Å². The molecule has 3 aromatic rings. The lowest BCUT2D eigenvalue weighted by Crippen LogP contribution is -2.51. The number of unbranched alkanes of at least 4 members (excludes halogenated alkanes) is 1. The van der Waals surface area contributed by atoms with Gasteiger partial charge in [0.15, 0.2) is 0 Å². The van der Waals surface area contributed by atoms with Crippen LogP contribution in [-0.4, -0.2) is 79.6 Å². The van der Waals surface area contributed by atoms with Gasteiger partial charge in [-0.3, -0.25) is 9.69 Å². The van der Waals surface area contributed by atoms with Crippen molar-refractivity contribution in [3.05, 3.63) is 77.6 Å². The number of piperidine rings is 1. The minimum atomic E-state index is -0.248. The van der Waals surface area contributed by atoms with E-state index < -0.39 is 0 Å². The molecule has 0 aliphatic carbocycles. The number of likely N-dealkylation sites (tertiary alicyclic amines) is 1. The van der Waals surface area contributed by atoms with Crippen LogP contribution in [0.5, 0.6) is 5.75 Å². The molecule has 1 atom stereocenters. The van der Waals surface area contributed by atoms with Crippen LogP contribution in [0.4, 0.5) is 4.39 Å². The van der Waals surface area contributed by atoms with Gasteiger partial charge in [0.05, 0.1) is 13.0 Å². The van der Waals surface area contributed by atoms with E-state index in [2.05, 4.69) is 64.9 Å². The molecule has 5 nitrogen and oxygen atoms in total. The maximum absolute atomic E-state index is 14.0. The van der Waals surface area contributed by atoms with Gasteiger partial charge in [-0.2, -0.15) is 0 Å². The average Bonchev–Trinajstić information content (AvgIpc) is 3.00. The summed E-state index contributed by atoms with van der Waals surface area (Å²) in [6.07, 6.45) is 5.23. The first-order valence-corrected chi connectivity index (χ1v) is 15.5. The molecule has 0 aromatic heterocycles. The summed E-state index contributed by atoms with van der Waals surface area (Å²) in [6, 6.07) is 19.9. The summed E-state index contributed by atoms with van der Waals surface area (Å²) in [5, 5.41) is 2.54.